The molecular weight excluding hydrogens is 411 g/mol. The van der Waals surface area contributed by atoms with Gasteiger partial charge in [-0.1, -0.05) is 11.6 Å². The number of halogens is 2. The molecule has 2 aromatic heterocycles. The van der Waals surface area contributed by atoms with E-state index in [4.69, 9.17) is 16.3 Å². The van der Waals surface area contributed by atoms with Crippen LogP contribution in [0.25, 0.3) is 22.4 Å². The van der Waals surface area contributed by atoms with Gasteiger partial charge in [0.1, 0.15) is 23.6 Å². The Balaban J connectivity index is 1.66. The van der Waals surface area contributed by atoms with Gasteiger partial charge in [0, 0.05) is 23.8 Å². The minimum atomic E-state index is -0.518. The van der Waals surface area contributed by atoms with Gasteiger partial charge in [-0.3, -0.25) is 13.9 Å². The van der Waals surface area contributed by atoms with E-state index in [1.54, 1.807) is 31.3 Å². The van der Waals surface area contributed by atoms with Crippen molar-refractivity contribution in [3.8, 4) is 17.1 Å². The fourth-order valence-corrected chi connectivity index (χ4v) is 3.13. The van der Waals surface area contributed by atoms with Crippen LogP contribution in [-0.4, -0.2) is 25.7 Å². The fraction of sp³-hybridized carbons (Fsp3) is 0.143. The van der Waals surface area contributed by atoms with Gasteiger partial charge in [-0.05, 0) is 48.5 Å². The van der Waals surface area contributed by atoms with Crippen molar-refractivity contribution in [2.45, 2.75) is 6.54 Å². The van der Waals surface area contributed by atoms with Crippen LogP contribution in [-0.2, 0) is 13.6 Å². The maximum absolute atomic E-state index is 13.0. The molecule has 9 heteroatoms. The molecule has 0 atom stereocenters. The highest BCUT2D eigenvalue weighted by molar-refractivity contribution is 6.30. The van der Waals surface area contributed by atoms with Crippen LogP contribution in [0.1, 0.15) is 0 Å². The van der Waals surface area contributed by atoms with Gasteiger partial charge < -0.3 is 4.74 Å². The highest BCUT2D eigenvalue weighted by atomic mass is 35.5. The maximum Gasteiger partial charge on any atom is 0.332 e. The fourth-order valence-electron chi connectivity index (χ4n) is 3.00. The number of hydrogen-bond donors (Lipinski definition) is 0. The minimum absolute atomic E-state index is 0.0256. The smallest absolute Gasteiger partial charge is 0.332 e. The third-order valence-corrected chi connectivity index (χ3v) is 4.83. The van der Waals surface area contributed by atoms with Crippen molar-refractivity contribution in [2.75, 3.05) is 6.61 Å². The first-order chi connectivity index (χ1) is 14.4. The van der Waals surface area contributed by atoms with E-state index in [1.165, 1.54) is 35.0 Å². The third kappa shape index (κ3) is 3.81. The summed E-state index contributed by atoms with van der Waals surface area (Å²) in [6.07, 6.45) is 1.41. The van der Waals surface area contributed by atoms with Crippen LogP contribution in [0.4, 0.5) is 4.39 Å². The van der Waals surface area contributed by atoms with Gasteiger partial charge in [0.2, 0.25) is 0 Å². The van der Waals surface area contributed by atoms with Crippen LogP contribution in [0.15, 0.2) is 64.3 Å². The van der Waals surface area contributed by atoms with Gasteiger partial charge in [-0.25, -0.2) is 19.2 Å². The molecular formula is C21H16ClFN4O3. The van der Waals surface area contributed by atoms with E-state index in [0.717, 1.165) is 4.57 Å². The van der Waals surface area contributed by atoms with Gasteiger partial charge in [-0.15, -0.1) is 0 Å². The number of benzene rings is 2. The molecule has 2 aromatic carbocycles. The zero-order valence-electron chi connectivity index (χ0n) is 15.9. The summed E-state index contributed by atoms with van der Waals surface area (Å²) in [5, 5.41) is 0.800. The first-order valence-electron chi connectivity index (χ1n) is 9.05. The number of fused-ring (bicyclic) bond motifs is 1. The number of ether oxygens (including phenoxy) is 1. The van der Waals surface area contributed by atoms with Crippen molar-refractivity contribution in [2.24, 2.45) is 7.05 Å². The van der Waals surface area contributed by atoms with Crippen LogP contribution in [0, 0.1) is 5.82 Å². The Labute approximate surface area is 175 Å². The molecule has 4 rings (SSSR count). The Bertz CT molecular complexity index is 1330. The van der Waals surface area contributed by atoms with Crippen molar-refractivity contribution in [1.82, 2.24) is 19.1 Å². The lowest BCUT2D eigenvalue weighted by Gasteiger charge is -2.11. The molecule has 0 spiro atoms. The second-order valence-electron chi connectivity index (χ2n) is 6.54. The average molecular weight is 427 g/mol. The molecule has 7 nitrogen and oxygen atoms in total. The van der Waals surface area contributed by atoms with E-state index in [9.17, 15) is 14.0 Å². The summed E-state index contributed by atoms with van der Waals surface area (Å²) in [7, 11) is 1.54. The third-order valence-electron chi connectivity index (χ3n) is 4.58. The summed E-state index contributed by atoms with van der Waals surface area (Å²) in [6.45, 7) is 0.0910. The normalized spacial score (nSPS) is 11.0. The average Bonchev–Trinajstić information content (AvgIpc) is 2.76. The quantitative estimate of drug-likeness (QED) is 0.490. The second kappa shape index (κ2) is 8.08. The van der Waals surface area contributed by atoms with E-state index in [0.29, 0.717) is 22.2 Å². The summed E-state index contributed by atoms with van der Waals surface area (Å²) in [5.74, 6) is 0.448. The number of aryl methyl sites for hydroxylation is 1. The first kappa shape index (κ1) is 19.8. The zero-order chi connectivity index (χ0) is 21.3. The van der Waals surface area contributed by atoms with Crippen LogP contribution in [0.5, 0.6) is 5.75 Å². The van der Waals surface area contributed by atoms with E-state index in [-0.39, 0.29) is 30.0 Å². The van der Waals surface area contributed by atoms with Gasteiger partial charge in [0.15, 0.2) is 11.5 Å². The Kier molecular flexibility index (Phi) is 5.33. The van der Waals surface area contributed by atoms with Crippen molar-refractivity contribution >= 4 is 22.6 Å². The number of rotatable bonds is 5. The lowest BCUT2D eigenvalue weighted by atomic mass is 10.2. The molecule has 0 saturated carbocycles. The second-order valence-corrected chi connectivity index (χ2v) is 6.97. The van der Waals surface area contributed by atoms with Gasteiger partial charge in [0.05, 0.1) is 6.54 Å². The lowest BCUT2D eigenvalue weighted by molar-refractivity contribution is 0.292. The van der Waals surface area contributed by atoms with Gasteiger partial charge >= 0.3 is 5.69 Å². The largest absolute Gasteiger partial charge is 0.492 e. The van der Waals surface area contributed by atoms with Crippen molar-refractivity contribution in [3.63, 3.8) is 0 Å². The summed E-state index contributed by atoms with van der Waals surface area (Å²) in [5.41, 5.74) is -0.0688. The monoisotopic (exact) mass is 426 g/mol. The van der Waals surface area contributed by atoms with Crippen LogP contribution in [0.3, 0.4) is 0 Å². The van der Waals surface area contributed by atoms with Crippen LogP contribution in [0.2, 0.25) is 5.02 Å². The Hall–Kier alpha value is -3.52. The van der Waals surface area contributed by atoms with E-state index in [2.05, 4.69) is 9.97 Å². The molecule has 2 heterocycles. The molecule has 0 aliphatic rings. The molecule has 152 valence electrons. The minimum Gasteiger partial charge on any atom is -0.492 e. The number of aromatic nitrogens is 4. The summed E-state index contributed by atoms with van der Waals surface area (Å²) >= 11 is 5.91. The van der Waals surface area contributed by atoms with Crippen molar-refractivity contribution in [3.05, 3.63) is 86.4 Å². The Morgan fingerprint density at radius 2 is 1.77 bits per heavy atom. The Morgan fingerprint density at radius 1 is 1.07 bits per heavy atom. The summed E-state index contributed by atoms with van der Waals surface area (Å²) < 4.78 is 20.8. The van der Waals surface area contributed by atoms with Gasteiger partial charge in [0.25, 0.3) is 5.56 Å². The predicted molar refractivity (Wildman–Crippen MR) is 111 cm³/mol. The molecule has 0 saturated heterocycles. The molecule has 30 heavy (non-hydrogen) atoms. The standard InChI is InChI=1S/C21H16ClFN4O3/c1-26-19-17(12-24-18(25-19)13-2-4-14(22)5-3-13)20(28)27(21(26)29)10-11-30-16-8-6-15(23)7-9-16/h2-9,12H,10-11H2,1H3. The van der Waals surface area contributed by atoms with E-state index in [1.807, 2.05) is 0 Å². The molecule has 0 bridgehead atoms. The molecule has 0 N–H and O–H groups in total. The molecule has 0 aliphatic heterocycles. The molecule has 0 amide bonds. The highest BCUT2D eigenvalue weighted by Gasteiger charge is 2.14. The first-order valence-corrected chi connectivity index (χ1v) is 9.43. The van der Waals surface area contributed by atoms with Crippen LogP contribution < -0.4 is 16.0 Å². The van der Waals surface area contributed by atoms with E-state index < -0.39 is 11.2 Å². The summed E-state index contributed by atoms with van der Waals surface area (Å²) in [4.78, 5) is 34.2. The number of nitrogens with zero attached hydrogens (tertiary/aromatic N) is 4. The van der Waals surface area contributed by atoms with Crippen LogP contribution >= 0.6 is 11.6 Å². The number of hydrogen-bond acceptors (Lipinski definition) is 5. The van der Waals surface area contributed by atoms with E-state index >= 15 is 0 Å². The molecule has 0 aliphatic carbocycles. The zero-order valence-corrected chi connectivity index (χ0v) is 16.6. The molecule has 0 fully saturated rings. The molecule has 0 unspecified atom stereocenters. The molecule has 0 radical (unpaired) electrons. The Morgan fingerprint density at radius 3 is 2.47 bits per heavy atom. The summed E-state index contributed by atoms with van der Waals surface area (Å²) in [6, 6.07) is 12.4. The predicted octanol–water partition coefficient (Wildman–Crippen LogP) is 3.03. The van der Waals surface area contributed by atoms with Crippen molar-refractivity contribution < 1.29 is 9.13 Å². The SMILES string of the molecule is Cn1c(=O)n(CCOc2ccc(F)cc2)c(=O)c2cnc(-c3ccc(Cl)cc3)nc21. The molecule has 4 aromatic rings. The van der Waals surface area contributed by atoms with Gasteiger partial charge in [-0.2, -0.15) is 0 Å². The van der Waals surface area contributed by atoms with Crippen molar-refractivity contribution in [1.29, 1.82) is 0 Å². The lowest BCUT2D eigenvalue weighted by Crippen LogP contribution is -2.40. The topological polar surface area (TPSA) is 79.0 Å². The highest BCUT2D eigenvalue weighted by Crippen LogP contribution is 2.19. The maximum atomic E-state index is 13.0.